The maximum absolute atomic E-state index is 15.0. The van der Waals surface area contributed by atoms with Gasteiger partial charge in [0.1, 0.15) is 5.75 Å². The van der Waals surface area contributed by atoms with Crippen LogP contribution in [0.1, 0.15) is 42.4 Å². The van der Waals surface area contributed by atoms with Crippen molar-refractivity contribution >= 4 is 23.4 Å². The number of ether oxygens (including phenoxy) is 2. The molecule has 14 heteroatoms. The first-order valence-electron chi connectivity index (χ1n) is 16.6. The zero-order valence-electron chi connectivity index (χ0n) is 28.1. The van der Waals surface area contributed by atoms with Crippen LogP contribution < -0.4 is 30.7 Å². The van der Waals surface area contributed by atoms with Crippen LogP contribution in [-0.2, 0) is 28.9 Å². The molecule has 0 saturated carbocycles. The van der Waals surface area contributed by atoms with E-state index in [0.717, 1.165) is 18.4 Å². The number of carbonyl (C=O) groups is 2. The quantitative estimate of drug-likeness (QED) is 0.134. The van der Waals surface area contributed by atoms with Crippen LogP contribution in [0.15, 0.2) is 60.8 Å². The topological polar surface area (TPSA) is 126 Å². The molecular formula is C37H38ClF3N6O4. The van der Waals surface area contributed by atoms with Crippen molar-refractivity contribution in [1.82, 2.24) is 31.2 Å². The van der Waals surface area contributed by atoms with Gasteiger partial charge in [0.05, 0.1) is 36.2 Å². The van der Waals surface area contributed by atoms with Crippen molar-refractivity contribution in [2.24, 2.45) is 0 Å². The van der Waals surface area contributed by atoms with Gasteiger partial charge in [0.25, 0.3) is 0 Å². The summed E-state index contributed by atoms with van der Waals surface area (Å²) in [5, 5.41) is 12.5. The van der Waals surface area contributed by atoms with E-state index in [9.17, 15) is 9.59 Å². The lowest BCUT2D eigenvalue weighted by Gasteiger charge is -2.20. The molecule has 4 aromatic rings. The molecule has 6 rings (SSSR count). The van der Waals surface area contributed by atoms with Crippen molar-refractivity contribution in [2.45, 2.75) is 57.0 Å². The second-order valence-electron chi connectivity index (χ2n) is 12.5. The van der Waals surface area contributed by atoms with Crippen molar-refractivity contribution < 1.29 is 32.2 Å². The fourth-order valence-corrected chi connectivity index (χ4v) is 6.86. The summed E-state index contributed by atoms with van der Waals surface area (Å²) in [5.74, 6) is 0.814. The fraction of sp³-hybridized carbons (Fsp3) is 0.351. The number of alkyl halides is 3. The molecule has 51 heavy (non-hydrogen) atoms. The van der Waals surface area contributed by atoms with Gasteiger partial charge in [0.15, 0.2) is 0 Å². The molecule has 2 amide bonds. The number of carbonyl (C=O) groups excluding carboxylic acids is 2. The molecular weight excluding hydrogens is 685 g/mol. The van der Waals surface area contributed by atoms with Gasteiger partial charge in [-0.2, -0.15) is 13.2 Å². The second-order valence-corrected chi connectivity index (χ2v) is 12.9. The molecule has 0 spiro atoms. The Hall–Kier alpha value is -4.72. The molecule has 2 atom stereocenters. The Morgan fingerprint density at radius 2 is 1.49 bits per heavy atom. The van der Waals surface area contributed by atoms with Crippen molar-refractivity contribution in [3.05, 3.63) is 82.5 Å². The van der Waals surface area contributed by atoms with E-state index < -0.39 is 11.7 Å². The number of aromatic nitrogens is 2. The predicted molar refractivity (Wildman–Crippen MR) is 187 cm³/mol. The molecule has 268 valence electrons. The maximum Gasteiger partial charge on any atom is 0.417 e. The van der Waals surface area contributed by atoms with Crippen LogP contribution >= 0.6 is 11.6 Å². The zero-order chi connectivity index (χ0) is 36.1. The molecule has 2 saturated heterocycles. The minimum absolute atomic E-state index is 0.0179. The molecule has 10 nitrogen and oxygen atoms in total. The molecule has 4 heterocycles. The van der Waals surface area contributed by atoms with Crippen LogP contribution in [0.5, 0.6) is 11.6 Å². The second kappa shape index (κ2) is 15.7. The number of pyridine rings is 2. The van der Waals surface area contributed by atoms with Crippen LogP contribution in [0.25, 0.3) is 33.6 Å². The Morgan fingerprint density at radius 1 is 0.843 bits per heavy atom. The van der Waals surface area contributed by atoms with Crippen molar-refractivity contribution in [2.75, 3.05) is 27.3 Å². The van der Waals surface area contributed by atoms with Gasteiger partial charge in [0, 0.05) is 85.1 Å². The number of nitrogens with one attached hydrogen (secondary N) is 4. The van der Waals surface area contributed by atoms with Gasteiger partial charge in [-0.25, -0.2) is 4.98 Å². The van der Waals surface area contributed by atoms with Crippen LogP contribution in [0.3, 0.4) is 0 Å². The van der Waals surface area contributed by atoms with E-state index in [1.807, 2.05) is 6.07 Å². The number of nitrogens with zero attached hydrogens (tertiary/aromatic N) is 2. The SMILES string of the molecule is COc1cc(-c2nccc(-c3cccc(-c4ccc(CNCC5CCC(=O)N5)c(OC)n4)c3C(F)(F)F)c2Cl)ccc1CNCC1CCC(=O)N1. The molecule has 4 N–H and O–H groups in total. The van der Waals surface area contributed by atoms with E-state index in [2.05, 4.69) is 31.2 Å². The molecule has 2 fully saturated rings. The Bertz CT molecular complexity index is 1920. The standard InChI is InChI=1S/C37H38ClF3N6O4/c1-50-30-16-21(6-7-22(30)17-42-19-24-9-12-31(48)45-24)35-34(38)27(14-15-44-35)26-4-3-5-28(33(26)37(39,40)41)29-11-8-23(36(47-29)51-2)18-43-20-25-10-13-32(49)46-25/h3-8,11,14-16,24-25,42-43H,9-10,12-13,17-20H2,1-2H3,(H,45,48)(H,46,49). The third kappa shape index (κ3) is 8.27. The van der Waals surface area contributed by atoms with Gasteiger partial charge in [-0.05, 0) is 36.6 Å². The number of benzene rings is 2. The number of hydrogen-bond donors (Lipinski definition) is 4. The molecule has 2 aromatic heterocycles. The van der Waals surface area contributed by atoms with Crippen molar-refractivity contribution in [3.8, 4) is 45.3 Å². The fourth-order valence-electron chi connectivity index (χ4n) is 6.54. The number of amides is 2. The Labute approximate surface area is 298 Å². The predicted octanol–water partition coefficient (Wildman–Crippen LogP) is 5.90. The number of halogens is 4. The van der Waals surface area contributed by atoms with Crippen LogP contribution in [0.4, 0.5) is 13.2 Å². The number of hydrogen-bond acceptors (Lipinski definition) is 8. The minimum Gasteiger partial charge on any atom is -0.496 e. The number of methoxy groups -OCH3 is 2. The van der Waals surface area contributed by atoms with Gasteiger partial charge in [-0.15, -0.1) is 0 Å². The normalized spacial score (nSPS) is 17.4. The highest BCUT2D eigenvalue weighted by Gasteiger charge is 2.38. The summed E-state index contributed by atoms with van der Waals surface area (Å²) in [6.07, 6.45) is -0.807. The first kappa shape index (κ1) is 36.1. The molecule has 0 radical (unpaired) electrons. The van der Waals surface area contributed by atoms with E-state index >= 15 is 13.2 Å². The first-order chi connectivity index (χ1) is 24.5. The summed E-state index contributed by atoms with van der Waals surface area (Å²) in [4.78, 5) is 31.9. The Balaban J connectivity index is 1.28. The van der Waals surface area contributed by atoms with Gasteiger partial charge in [0.2, 0.25) is 17.7 Å². The minimum atomic E-state index is -4.77. The third-order valence-corrected chi connectivity index (χ3v) is 9.46. The van der Waals surface area contributed by atoms with Gasteiger partial charge < -0.3 is 30.7 Å². The van der Waals surface area contributed by atoms with Crippen molar-refractivity contribution in [1.29, 1.82) is 0 Å². The van der Waals surface area contributed by atoms with Crippen LogP contribution in [-0.4, -0.2) is 61.2 Å². The van der Waals surface area contributed by atoms with Gasteiger partial charge >= 0.3 is 6.18 Å². The summed E-state index contributed by atoms with van der Waals surface area (Å²) >= 11 is 6.89. The van der Waals surface area contributed by atoms with Crippen molar-refractivity contribution in [3.63, 3.8) is 0 Å². The molecule has 0 aliphatic carbocycles. The monoisotopic (exact) mass is 722 g/mol. The Morgan fingerprint density at radius 3 is 2.10 bits per heavy atom. The molecule has 0 bridgehead atoms. The lowest BCUT2D eigenvalue weighted by molar-refractivity contribution is -0.136. The third-order valence-electron chi connectivity index (χ3n) is 9.08. The summed E-state index contributed by atoms with van der Waals surface area (Å²) in [7, 11) is 2.96. The zero-order valence-corrected chi connectivity index (χ0v) is 28.9. The number of rotatable bonds is 13. The first-order valence-corrected chi connectivity index (χ1v) is 17.0. The highest BCUT2D eigenvalue weighted by atomic mass is 35.5. The average molecular weight is 723 g/mol. The summed E-state index contributed by atoms with van der Waals surface area (Å²) in [6, 6.07) is 14.5. The summed E-state index contributed by atoms with van der Waals surface area (Å²) in [6.45, 7) is 1.99. The van der Waals surface area contributed by atoms with E-state index in [1.54, 1.807) is 18.2 Å². The summed E-state index contributed by atoms with van der Waals surface area (Å²) < 4.78 is 56.1. The Kier molecular flexibility index (Phi) is 11.1. The van der Waals surface area contributed by atoms with E-state index in [0.29, 0.717) is 61.6 Å². The molecule has 2 aromatic carbocycles. The molecule has 2 aliphatic heterocycles. The van der Waals surface area contributed by atoms with Crippen LogP contribution in [0, 0.1) is 0 Å². The smallest absolute Gasteiger partial charge is 0.417 e. The molecule has 2 aliphatic rings. The van der Waals surface area contributed by atoms with E-state index in [1.165, 1.54) is 50.7 Å². The molecule has 2 unspecified atom stereocenters. The largest absolute Gasteiger partial charge is 0.496 e. The van der Waals surface area contributed by atoms with Gasteiger partial charge in [-0.3, -0.25) is 14.6 Å². The average Bonchev–Trinajstić information content (AvgIpc) is 3.74. The highest BCUT2D eigenvalue weighted by molar-refractivity contribution is 6.35. The highest BCUT2D eigenvalue weighted by Crippen LogP contribution is 2.46. The summed E-state index contributed by atoms with van der Waals surface area (Å²) in [5.41, 5.74) is 1.50. The van der Waals surface area contributed by atoms with E-state index in [-0.39, 0.29) is 57.2 Å². The van der Waals surface area contributed by atoms with Crippen LogP contribution in [0.2, 0.25) is 5.02 Å². The van der Waals surface area contributed by atoms with Gasteiger partial charge in [-0.1, -0.05) is 48.0 Å². The maximum atomic E-state index is 15.0. The lowest BCUT2D eigenvalue weighted by Crippen LogP contribution is -2.35. The lowest BCUT2D eigenvalue weighted by atomic mass is 9.92. The van der Waals surface area contributed by atoms with E-state index in [4.69, 9.17) is 21.1 Å².